The summed E-state index contributed by atoms with van der Waals surface area (Å²) in [5.74, 6) is 2.91. The highest BCUT2D eigenvalue weighted by molar-refractivity contribution is 9.09. The summed E-state index contributed by atoms with van der Waals surface area (Å²) < 4.78 is 12.0. The van der Waals surface area contributed by atoms with Crippen LogP contribution in [0.15, 0.2) is 46.9 Å². The van der Waals surface area contributed by atoms with Crippen LogP contribution in [0.3, 0.4) is 0 Å². The molecule has 22 heavy (non-hydrogen) atoms. The summed E-state index contributed by atoms with van der Waals surface area (Å²) in [7, 11) is 0. The summed E-state index contributed by atoms with van der Waals surface area (Å²) in [4.78, 5) is 4.65. The molecule has 0 saturated carbocycles. The number of hydrogen-bond acceptors (Lipinski definition) is 3. The van der Waals surface area contributed by atoms with Crippen molar-refractivity contribution in [1.29, 1.82) is 0 Å². The Morgan fingerprint density at radius 1 is 1.05 bits per heavy atom. The van der Waals surface area contributed by atoms with Gasteiger partial charge in [-0.15, -0.1) is 0 Å². The average Bonchev–Trinajstić information content (AvgIpc) is 2.89. The van der Waals surface area contributed by atoms with Crippen LogP contribution in [0.1, 0.15) is 5.89 Å². The Morgan fingerprint density at radius 3 is 2.73 bits per heavy atom. The van der Waals surface area contributed by atoms with Crippen molar-refractivity contribution in [3.63, 3.8) is 0 Å². The first-order valence-corrected chi connectivity index (χ1v) is 8.39. The zero-order valence-electron chi connectivity index (χ0n) is 11.5. The molecule has 0 bridgehead atoms. The topological polar surface area (TPSA) is 35.3 Å². The minimum atomic E-state index is 0.643. The number of ether oxygens (including phenoxy) is 1. The van der Waals surface area contributed by atoms with Crippen LogP contribution in [-0.4, -0.2) is 10.3 Å². The molecule has 4 rings (SSSR count). The van der Waals surface area contributed by atoms with Gasteiger partial charge >= 0.3 is 0 Å². The molecule has 0 atom stereocenters. The summed E-state index contributed by atoms with van der Waals surface area (Å²) >= 11 is 9.58. The second-order valence-electron chi connectivity index (χ2n) is 4.96. The Labute approximate surface area is 141 Å². The maximum atomic E-state index is 6.15. The van der Waals surface area contributed by atoms with E-state index in [-0.39, 0.29) is 0 Å². The van der Waals surface area contributed by atoms with Crippen molar-refractivity contribution in [2.45, 2.75) is 6.42 Å². The first kappa shape index (κ1) is 13.9. The molecule has 0 aliphatic carbocycles. The number of aromatic nitrogens is 1. The normalized spacial score (nSPS) is 11.9. The molecular formula is C17H11BrClNO2. The van der Waals surface area contributed by atoms with Gasteiger partial charge in [0.25, 0.3) is 0 Å². The highest BCUT2D eigenvalue weighted by Gasteiger charge is 2.26. The smallest absolute Gasteiger partial charge is 0.196 e. The number of fused-ring (bicyclic) bond motifs is 5. The second-order valence-corrected chi connectivity index (χ2v) is 6.19. The average molecular weight is 377 g/mol. The van der Waals surface area contributed by atoms with Gasteiger partial charge in [-0.1, -0.05) is 39.7 Å². The molecule has 2 aromatic carbocycles. The van der Waals surface area contributed by atoms with E-state index >= 15 is 0 Å². The fourth-order valence-corrected chi connectivity index (χ4v) is 3.07. The van der Waals surface area contributed by atoms with Crippen molar-refractivity contribution in [3.8, 4) is 34.1 Å². The number of para-hydroxylation sites is 1. The molecule has 0 fully saturated rings. The Balaban J connectivity index is 2.02. The zero-order chi connectivity index (χ0) is 15.1. The standard InChI is InChI=1S/C17H11BrClNO2/c18-8-7-15-20-16-12-9-10(19)5-6-14(12)21-13-4-2-1-3-11(13)17(16)22-15/h1-6,9H,7-8H2. The van der Waals surface area contributed by atoms with E-state index in [0.717, 1.165) is 45.8 Å². The number of rotatable bonds is 2. The van der Waals surface area contributed by atoms with E-state index in [0.29, 0.717) is 10.9 Å². The molecule has 110 valence electrons. The minimum Gasteiger partial charge on any atom is -0.456 e. The van der Waals surface area contributed by atoms with Gasteiger partial charge in [-0.2, -0.15) is 0 Å². The molecule has 1 aliphatic rings. The second kappa shape index (κ2) is 5.45. The Bertz CT molecular complexity index is 860. The van der Waals surface area contributed by atoms with Crippen LogP contribution in [0, 0.1) is 0 Å². The minimum absolute atomic E-state index is 0.643. The van der Waals surface area contributed by atoms with Gasteiger partial charge in [0.1, 0.15) is 17.2 Å². The molecule has 3 aromatic rings. The summed E-state index contributed by atoms with van der Waals surface area (Å²) in [5.41, 5.74) is 2.53. The quantitative estimate of drug-likeness (QED) is 0.421. The largest absolute Gasteiger partial charge is 0.456 e. The van der Waals surface area contributed by atoms with Gasteiger partial charge in [0.2, 0.25) is 0 Å². The molecule has 0 saturated heterocycles. The highest BCUT2D eigenvalue weighted by Crippen LogP contribution is 2.47. The third kappa shape index (κ3) is 2.23. The van der Waals surface area contributed by atoms with Gasteiger partial charge in [-0.3, -0.25) is 0 Å². The lowest BCUT2D eigenvalue weighted by Gasteiger charge is -2.08. The predicted molar refractivity (Wildman–Crippen MR) is 90.0 cm³/mol. The van der Waals surface area contributed by atoms with E-state index in [2.05, 4.69) is 20.9 Å². The lowest BCUT2D eigenvalue weighted by Crippen LogP contribution is -1.89. The van der Waals surface area contributed by atoms with Crippen LogP contribution >= 0.6 is 27.5 Å². The number of benzene rings is 2. The van der Waals surface area contributed by atoms with Gasteiger partial charge in [-0.25, -0.2) is 4.98 Å². The molecule has 0 unspecified atom stereocenters. The van der Waals surface area contributed by atoms with E-state index < -0.39 is 0 Å². The first-order valence-electron chi connectivity index (χ1n) is 6.89. The third-order valence-corrected chi connectivity index (χ3v) is 4.16. The molecule has 0 radical (unpaired) electrons. The lowest BCUT2D eigenvalue weighted by molar-refractivity contribution is 0.480. The molecular weight excluding hydrogens is 366 g/mol. The molecule has 1 aromatic heterocycles. The molecule has 5 heteroatoms. The number of alkyl halides is 1. The molecule has 0 amide bonds. The summed E-state index contributed by atoms with van der Waals surface area (Å²) in [6, 6.07) is 13.3. The maximum absolute atomic E-state index is 6.15. The van der Waals surface area contributed by atoms with Crippen molar-refractivity contribution in [2.24, 2.45) is 0 Å². The number of nitrogens with zero attached hydrogens (tertiary/aromatic N) is 1. The Morgan fingerprint density at radius 2 is 1.86 bits per heavy atom. The van der Waals surface area contributed by atoms with Gasteiger partial charge < -0.3 is 9.15 Å². The van der Waals surface area contributed by atoms with Crippen LogP contribution in [0.2, 0.25) is 5.02 Å². The van der Waals surface area contributed by atoms with E-state index in [4.69, 9.17) is 20.8 Å². The Kier molecular flexibility index (Phi) is 3.43. The van der Waals surface area contributed by atoms with Crippen molar-refractivity contribution in [1.82, 2.24) is 4.98 Å². The summed E-state index contributed by atoms with van der Waals surface area (Å²) in [6.07, 6.45) is 0.728. The predicted octanol–water partition coefficient (Wildman–Crippen LogP) is 5.71. The zero-order valence-corrected chi connectivity index (χ0v) is 13.8. The van der Waals surface area contributed by atoms with Crippen LogP contribution < -0.4 is 4.74 Å². The summed E-state index contributed by atoms with van der Waals surface area (Å²) in [5, 5.41) is 1.44. The summed E-state index contributed by atoms with van der Waals surface area (Å²) in [6.45, 7) is 0. The van der Waals surface area contributed by atoms with Crippen molar-refractivity contribution in [2.75, 3.05) is 5.33 Å². The fourth-order valence-electron chi connectivity index (χ4n) is 2.56. The van der Waals surface area contributed by atoms with Crippen LogP contribution in [-0.2, 0) is 6.42 Å². The molecule has 1 aliphatic heterocycles. The fraction of sp³-hybridized carbons (Fsp3) is 0.118. The number of oxazole rings is 1. The van der Waals surface area contributed by atoms with Gasteiger partial charge in [0.05, 0.1) is 5.56 Å². The first-order chi connectivity index (χ1) is 10.8. The van der Waals surface area contributed by atoms with Crippen LogP contribution in [0.5, 0.6) is 11.5 Å². The third-order valence-electron chi connectivity index (χ3n) is 3.53. The monoisotopic (exact) mass is 375 g/mol. The number of halogens is 2. The van der Waals surface area contributed by atoms with Gasteiger partial charge in [0.15, 0.2) is 11.7 Å². The van der Waals surface area contributed by atoms with Gasteiger partial charge in [0, 0.05) is 22.3 Å². The van der Waals surface area contributed by atoms with Crippen LogP contribution in [0.25, 0.3) is 22.6 Å². The number of hydrogen-bond donors (Lipinski definition) is 0. The van der Waals surface area contributed by atoms with Gasteiger partial charge in [-0.05, 0) is 30.3 Å². The lowest BCUT2D eigenvalue weighted by atomic mass is 10.1. The molecule has 3 nitrogen and oxygen atoms in total. The highest BCUT2D eigenvalue weighted by atomic mass is 79.9. The van der Waals surface area contributed by atoms with Crippen LogP contribution in [0.4, 0.5) is 0 Å². The van der Waals surface area contributed by atoms with E-state index in [1.807, 2.05) is 42.5 Å². The Hall–Kier alpha value is -1.78. The van der Waals surface area contributed by atoms with E-state index in [9.17, 15) is 0 Å². The van der Waals surface area contributed by atoms with Crippen molar-refractivity contribution < 1.29 is 9.15 Å². The van der Waals surface area contributed by atoms with Crippen molar-refractivity contribution >= 4 is 27.5 Å². The maximum Gasteiger partial charge on any atom is 0.196 e. The molecule has 0 N–H and O–H groups in total. The SMILES string of the molecule is Clc1ccc2c(c1)-c1nc(CCBr)oc1-c1ccccc1O2. The number of aryl methyl sites for hydroxylation is 1. The molecule has 0 spiro atoms. The van der Waals surface area contributed by atoms with E-state index in [1.54, 1.807) is 0 Å². The molecule has 2 heterocycles. The van der Waals surface area contributed by atoms with Crippen molar-refractivity contribution in [3.05, 3.63) is 53.4 Å². The van der Waals surface area contributed by atoms with E-state index in [1.165, 1.54) is 0 Å².